The minimum atomic E-state index is -0.0861. The molecule has 0 saturated heterocycles. The van der Waals surface area contributed by atoms with Crippen molar-refractivity contribution >= 4 is 5.91 Å². The normalized spacial score (nSPS) is 11.7. The SMILES string of the molecule is CC[C@H](NC(=O)c1cccc(OCc2ccccc2)c1)c1ccc(C)cc1C. The Labute approximate surface area is 167 Å². The third-order valence-corrected chi connectivity index (χ3v) is 4.86. The highest BCUT2D eigenvalue weighted by atomic mass is 16.5. The summed E-state index contributed by atoms with van der Waals surface area (Å²) < 4.78 is 5.85. The van der Waals surface area contributed by atoms with E-state index >= 15 is 0 Å². The first kappa shape index (κ1) is 19.7. The van der Waals surface area contributed by atoms with Crippen molar-refractivity contribution in [3.05, 3.63) is 101 Å². The molecule has 3 aromatic carbocycles. The highest BCUT2D eigenvalue weighted by molar-refractivity contribution is 5.94. The monoisotopic (exact) mass is 373 g/mol. The number of carbonyl (C=O) groups excluding carboxylic acids is 1. The van der Waals surface area contributed by atoms with Crippen LogP contribution in [0.4, 0.5) is 0 Å². The second-order valence-electron chi connectivity index (χ2n) is 7.10. The van der Waals surface area contributed by atoms with Gasteiger partial charge in [-0.05, 0) is 55.2 Å². The first-order valence-corrected chi connectivity index (χ1v) is 9.71. The molecule has 1 atom stereocenters. The summed E-state index contributed by atoms with van der Waals surface area (Å²) in [5.74, 6) is 0.605. The maximum absolute atomic E-state index is 12.8. The summed E-state index contributed by atoms with van der Waals surface area (Å²) in [6, 6.07) is 23.7. The van der Waals surface area contributed by atoms with E-state index in [4.69, 9.17) is 4.74 Å². The van der Waals surface area contributed by atoms with E-state index in [1.54, 1.807) is 6.07 Å². The molecule has 3 aromatic rings. The van der Waals surface area contributed by atoms with Gasteiger partial charge in [0.2, 0.25) is 0 Å². The summed E-state index contributed by atoms with van der Waals surface area (Å²) in [5, 5.41) is 3.17. The van der Waals surface area contributed by atoms with E-state index < -0.39 is 0 Å². The third kappa shape index (κ3) is 5.01. The van der Waals surface area contributed by atoms with E-state index in [0.29, 0.717) is 17.9 Å². The number of aryl methyl sites for hydroxylation is 2. The zero-order valence-electron chi connectivity index (χ0n) is 16.7. The van der Waals surface area contributed by atoms with Crippen LogP contribution in [-0.2, 0) is 6.61 Å². The van der Waals surface area contributed by atoms with E-state index in [1.165, 1.54) is 11.1 Å². The van der Waals surface area contributed by atoms with Crippen LogP contribution >= 0.6 is 0 Å². The molecule has 3 nitrogen and oxygen atoms in total. The molecule has 3 heteroatoms. The topological polar surface area (TPSA) is 38.3 Å². The van der Waals surface area contributed by atoms with Crippen LogP contribution in [0.25, 0.3) is 0 Å². The number of hydrogen-bond donors (Lipinski definition) is 1. The number of hydrogen-bond acceptors (Lipinski definition) is 2. The Balaban J connectivity index is 1.69. The molecule has 28 heavy (non-hydrogen) atoms. The minimum Gasteiger partial charge on any atom is -0.489 e. The molecule has 0 spiro atoms. The molecular weight excluding hydrogens is 346 g/mol. The molecule has 3 rings (SSSR count). The summed E-state index contributed by atoms with van der Waals surface area (Å²) in [6.07, 6.45) is 0.833. The van der Waals surface area contributed by atoms with Crippen molar-refractivity contribution in [2.24, 2.45) is 0 Å². The fraction of sp³-hybridized carbons (Fsp3) is 0.240. The van der Waals surface area contributed by atoms with Crippen LogP contribution in [0.15, 0.2) is 72.8 Å². The van der Waals surface area contributed by atoms with Crippen molar-refractivity contribution in [2.45, 2.75) is 39.8 Å². The second kappa shape index (κ2) is 9.23. The molecule has 0 heterocycles. The molecule has 0 fully saturated rings. The van der Waals surface area contributed by atoms with Crippen LogP contribution in [0.5, 0.6) is 5.75 Å². The van der Waals surface area contributed by atoms with Gasteiger partial charge in [-0.15, -0.1) is 0 Å². The lowest BCUT2D eigenvalue weighted by Crippen LogP contribution is -2.28. The predicted octanol–water partition coefficient (Wildman–Crippen LogP) is 5.76. The molecule has 0 radical (unpaired) electrons. The zero-order valence-corrected chi connectivity index (χ0v) is 16.7. The van der Waals surface area contributed by atoms with Gasteiger partial charge in [-0.3, -0.25) is 4.79 Å². The van der Waals surface area contributed by atoms with Crippen molar-refractivity contribution < 1.29 is 9.53 Å². The Kier molecular flexibility index (Phi) is 6.49. The Morgan fingerprint density at radius 1 is 0.964 bits per heavy atom. The summed E-state index contributed by atoms with van der Waals surface area (Å²) in [5.41, 5.74) is 5.29. The Morgan fingerprint density at radius 3 is 2.46 bits per heavy atom. The molecule has 0 aromatic heterocycles. The van der Waals surface area contributed by atoms with Gasteiger partial charge >= 0.3 is 0 Å². The fourth-order valence-corrected chi connectivity index (χ4v) is 3.33. The van der Waals surface area contributed by atoms with E-state index in [-0.39, 0.29) is 11.9 Å². The Bertz CT molecular complexity index is 934. The zero-order chi connectivity index (χ0) is 19.9. The van der Waals surface area contributed by atoms with Crippen LogP contribution in [0, 0.1) is 13.8 Å². The maximum atomic E-state index is 12.8. The Hall–Kier alpha value is -3.07. The van der Waals surface area contributed by atoms with E-state index in [9.17, 15) is 4.79 Å². The van der Waals surface area contributed by atoms with Gasteiger partial charge in [-0.1, -0.05) is 67.1 Å². The van der Waals surface area contributed by atoms with Crippen molar-refractivity contribution in [2.75, 3.05) is 0 Å². The summed E-state index contributed by atoms with van der Waals surface area (Å²) >= 11 is 0. The number of carbonyl (C=O) groups is 1. The standard InChI is InChI=1S/C25H27NO2/c1-4-24(23-14-13-18(2)15-19(23)3)26-25(27)21-11-8-12-22(16-21)28-17-20-9-6-5-7-10-20/h5-16,24H,4,17H2,1-3H3,(H,26,27)/t24-/m0/s1. The molecule has 0 aliphatic heterocycles. The first-order chi connectivity index (χ1) is 13.6. The first-order valence-electron chi connectivity index (χ1n) is 9.71. The fourth-order valence-electron chi connectivity index (χ4n) is 3.33. The van der Waals surface area contributed by atoms with E-state index in [0.717, 1.165) is 17.5 Å². The lowest BCUT2D eigenvalue weighted by Gasteiger charge is -2.20. The largest absolute Gasteiger partial charge is 0.489 e. The molecule has 0 unspecified atom stereocenters. The van der Waals surface area contributed by atoms with Gasteiger partial charge in [0.1, 0.15) is 12.4 Å². The van der Waals surface area contributed by atoms with Gasteiger partial charge in [0.05, 0.1) is 6.04 Å². The molecule has 0 saturated carbocycles. The summed E-state index contributed by atoms with van der Waals surface area (Å²) in [7, 11) is 0. The van der Waals surface area contributed by atoms with Gasteiger partial charge in [-0.25, -0.2) is 0 Å². The number of nitrogens with one attached hydrogen (secondary N) is 1. The second-order valence-corrected chi connectivity index (χ2v) is 7.10. The number of ether oxygens (including phenoxy) is 1. The van der Waals surface area contributed by atoms with Crippen molar-refractivity contribution in [3.63, 3.8) is 0 Å². The van der Waals surface area contributed by atoms with Crippen LogP contribution in [-0.4, -0.2) is 5.91 Å². The summed E-state index contributed by atoms with van der Waals surface area (Å²) in [6.45, 7) is 6.74. The van der Waals surface area contributed by atoms with Gasteiger partial charge in [-0.2, -0.15) is 0 Å². The maximum Gasteiger partial charge on any atom is 0.251 e. The average molecular weight is 373 g/mol. The predicted molar refractivity (Wildman–Crippen MR) is 114 cm³/mol. The molecule has 1 amide bonds. The number of amides is 1. The van der Waals surface area contributed by atoms with Crippen molar-refractivity contribution in [3.8, 4) is 5.75 Å². The molecule has 1 N–H and O–H groups in total. The molecule has 0 aliphatic carbocycles. The summed E-state index contributed by atoms with van der Waals surface area (Å²) in [4.78, 5) is 12.8. The van der Waals surface area contributed by atoms with Crippen LogP contribution in [0.2, 0.25) is 0 Å². The van der Waals surface area contributed by atoms with Gasteiger partial charge in [0, 0.05) is 5.56 Å². The number of benzene rings is 3. The minimum absolute atomic E-state index is 0.0120. The number of rotatable bonds is 7. The lowest BCUT2D eigenvalue weighted by atomic mass is 9.97. The van der Waals surface area contributed by atoms with Gasteiger partial charge < -0.3 is 10.1 Å². The molecule has 144 valence electrons. The van der Waals surface area contributed by atoms with Crippen molar-refractivity contribution in [1.29, 1.82) is 0 Å². The molecule has 0 aliphatic rings. The van der Waals surface area contributed by atoms with Crippen LogP contribution in [0.1, 0.15) is 52.0 Å². The van der Waals surface area contributed by atoms with Gasteiger partial charge in [0.15, 0.2) is 0 Å². The highest BCUT2D eigenvalue weighted by Gasteiger charge is 2.16. The smallest absolute Gasteiger partial charge is 0.251 e. The van der Waals surface area contributed by atoms with Crippen molar-refractivity contribution in [1.82, 2.24) is 5.32 Å². The molecular formula is C25H27NO2. The van der Waals surface area contributed by atoms with Gasteiger partial charge in [0.25, 0.3) is 5.91 Å². The Morgan fingerprint density at radius 2 is 1.75 bits per heavy atom. The third-order valence-electron chi connectivity index (χ3n) is 4.86. The van der Waals surface area contributed by atoms with E-state index in [2.05, 4.69) is 44.3 Å². The molecule has 0 bridgehead atoms. The van der Waals surface area contributed by atoms with E-state index in [1.807, 2.05) is 48.5 Å². The quantitative estimate of drug-likeness (QED) is 0.571. The highest BCUT2D eigenvalue weighted by Crippen LogP contribution is 2.23. The van der Waals surface area contributed by atoms with Crippen LogP contribution in [0.3, 0.4) is 0 Å². The average Bonchev–Trinajstić information content (AvgIpc) is 2.72. The van der Waals surface area contributed by atoms with Crippen LogP contribution < -0.4 is 10.1 Å². The lowest BCUT2D eigenvalue weighted by molar-refractivity contribution is 0.0935.